The van der Waals surface area contributed by atoms with Crippen molar-refractivity contribution in [2.24, 2.45) is 10.2 Å². The summed E-state index contributed by atoms with van der Waals surface area (Å²) in [6.45, 7) is 0.0536. The van der Waals surface area contributed by atoms with Crippen molar-refractivity contribution in [2.45, 2.75) is 6.54 Å². The molecule has 0 unspecified atom stereocenters. The Morgan fingerprint density at radius 3 is 2.51 bits per heavy atom. The molecule has 11 heteroatoms. The van der Waals surface area contributed by atoms with Gasteiger partial charge in [0.2, 0.25) is 6.79 Å². The van der Waals surface area contributed by atoms with Gasteiger partial charge in [0.15, 0.2) is 11.5 Å². The molecule has 2 heterocycles. The number of azo groups is 1. The second-order valence-corrected chi connectivity index (χ2v) is 9.32. The molecule has 8 nitrogen and oxygen atoms in total. The normalized spacial score (nSPS) is 16.2. The van der Waals surface area contributed by atoms with Gasteiger partial charge in [-0.1, -0.05) is 29.3 Å². The number of amides is 2. The van der Waals surface area contributed by atoms with Gasteiger partial charge in [0.05, 0.1) is 22.8 Å². The molecule has 2 aliphatic rings. The van der Waals surface area contributed by atoms with E-state index in [9.17, 15) is 14.7 Å². The number of imide groups is 1. The minimum absolute atomic E-state index is 0.0304. The summed E-state index contributed by atoms with van der Waals surface area (Å²) in [6.07, 6.45) is 1.44. The molecule has 3 aromatic carbocycles. The number of carbonyl (C=O) groups excluding carboxylic acids is 2. The van der Waals surface area contributed by atoms with Crippen molar-refractivity contribution in [3.63, 3.8) is 0 Å². The van der Waals surface area contributed by atoms with Gasteiger partial charge in [-0.05, 0) is 65.9 Å². The molecule has 0 radical (unpaired) electrons. The van der Waals surface area contributed by atoms with E-state index in [2.05, 4.69) is 10.2 Å². The average Bonchev–Trinajstić information content (AvgIpc) is 3.38. The Balaban J connectivity index is 1.37. The average molecular weight is 528 g/mol. The third kappa shape index (κ3) is 4.97. The molecule has 1 fully saturated rings. The lowest BCUT2D eigenvalue weighted by molar-refractivity contribution is -0.123. The first-order valence-corrected chi connectivity index (χ1v) is 11.8. The van der Waals surface area contributed by atoms with Gasteiger partial charge in [-0.25, -0.2) is 0 Å². The number of thioether (sulfide) groups is 1. The number of phenolic OH excluding ortho intramolecular Hbond substituents is 1. The molecule has 35 heavy (non-hydrogen) atoms. The molecular formula is C24H15Cl2N3O5S. The van der Waals surface area contributed by atoms with Gasteiger partial charge < -0.3 is 14.6 Å². The number of phenols is 1. The van der Waals surface area contributed by atoms with Gasteiger partial charge in [0.25, 0.3) is 11.1 Å². The summed E-state index contributed by atoms with van der Waals surface area (Å²) in [5.74, 6) is 0.438. The molecule has 176 valence electrons. The minimum Gasteiger partial charge on any atom is -0.507 e. The van der Waals surface area contributed by atoms with Crippen LogP contribution < -0.4 is 9.47 Å². The number of fused-ring (bicyclic) bond motifs is 1. The van der Waals surface area contributed by atoms with Gasteiger partial charge >= 0.3 is 0 Å². The van der Waals surface area contributed by atoms with Crippen molar-refractivity contribution in [3.8, 4) is 17.2 Å². The van der Waals surface area contributed by atoms with Crippen molar-refractivity contribution in [3.05, 3.63) is 80.7 Å². The topological polar surface area (TPSA) is 101 Å². The fourth-order valence-electron chi connectivity index (χ4n) is 3.40. The Hall–Kier alpha value is -3.53. The molecule has 5 rings (SSSR count). The smallest absolute Gasteiger partial charge is 0.293 e. The lowest BCUT2D eigenvalue weighted by Crippen LogP contribution is -2.27. The van der Waals surface area contributed by atoms with E-state index in [0.717, 1.165) is 16.7 Å². The second kappa shape index (κ2) is 9.61. The SMILES string of the molecule is O=C1S/C(=C\c2cc(N=Nc3cccc(Cl)c3)ccc2O)C(=O)N1Cc1cc2c(cc1Cl)OCO2. The van der Waals surface area contributed by atoms with Crippen molar-refractivity contribution in [1.82, 2.24) is 4.90 Å². The maximum absolute atomic E-state index is 13.0. The van der Waals surface area contributed by atoms with E-state index >= 15 is 0 Å². The van der Waals surface area contributed by atoms with Crippen LogP contribution in [0.5, 0.6) is 17.2 Å². The van der Waals surface area contributed by atoms with Crippen LogP contribution in [0, 0.1) is 0 Å². The van der Waals surface area contributed by atoms with Crippen LogP contribution in [-0.4, -0.2) is 27.9 Å². The van der Waals surface area contributed by atoms with Crippen LogP contribution in [0.2, 0.25) is 10.0 Å². The van der Waals surface area contributed by atoms with Crippen LogP contribution in [0.15, 0.2) is 69.7 Å². The number of halogens is 2. The highest BCUT2D eigenvalue weighted by Crippen LogP contribution is 2.40. The summed E-state index contributed by atoms with van der Waals surface area (Å²) in [5.41, 5.74) is 1.88. The van der Waals surface area contributed by atoms with E-state index in [1.54, 1.807) is 48.5 Å². The van der Waals surface area contributed by atoms with E-state index in [0.29, 0.717) is 44.0 Å². The standard InChI is InChI=1S/C24H15Cl2N3O5S/c25-15-2-1-3-16(9-15)27-28-17-4-5-19(30)13(6-17)8-22-23(31)29(24(32)35-22)11-14-7-20-21(10-18(14)26)34-12-33-20/h1-10,30H,11-12H2/b22-8-,28-27?. The fraction of sp³-hybridized carbons (Fsp3) is 0.0833. The predicted octanol–water partition coefficient (Wildman–Crippen LogP) is 7.08. The molecule has 1 saturated heterocycles. The van der Waals surface area contributed by atoms with Crippen LogP contribution in [0.3, 0.4) is 0 Å². The third-order valence-electron chi connectivity index (χ3n) is 5.13. The minimum atomic E-state index is -0.501. The number of ether oxygens (including phenoxy) is 2. The monoisotopic (exact) mass is 527 g/mol. The number of nitrogens with zero attached hydrogens (tertiary/aromatic N) is 3. The summed E-state index contributed by atoms with van der Waals surface area (Å²) in [5, 5.41) is 19.0. The molecule has 1 N–H and O–H groups in total. The quantitative estimate of drug-likeness (QED) is 0.281. The summed E-state index contributed by atoms with van der Waals surface area (Å²) in [7, 11) is 0. The van der Waals surface area contributed by atoms with E-state index in [1.807, 2.05) is 0 Å². The zero-order valence-corrected chi connectivity index (χ0v) is 20.1. The third-order valence-corrected chi connectivity index (χ3v) is 6.62. The molecule has 0 aromatic heterocycles. The van der Waals surface area contributed by atoms with Gasteiger partial charge in [-0.15, -0.1) is 0 Å². The fourth-order valence-corrected chi connectivity index (χ4v) is 4.63. The number of hydrogen-bond donors (Lipinski definition) is 1. The van der Waals surface area contributed by atoms with Crippen molar-refractivity contribution < 1.29 is 24.2 Å². The van der Waals surface area contributed by atoms with Crippen molar-refractivity contribution in [2.75, 3.05) is 6.79 Å². The molecular weight excluding hydrogens is 513 g/mol. The van der Waals surface area contributed by atoms with E-state index < -0.39 is 11.1 Å². The first-order chi connectivity index (χ1) is 16.9. The number of aromatic hydroxyl groups is 1. The predicted molar refractivity (Wildman–Crippen MR) is 133 cm³/mol. The zero-order valence-electron chi connectivity index (χ0n) is 17.8. The summed E-state index contributed by atoms with van der Waals surface area (Å²) in [6, 6.07) is 14.7. The largest absolute Gasteiger partial charge is 0.507 e. The van der Waals surface area contributed by atoms with Gasteiger partial charge in [0.1, 0.15) is 5.75 Å². The van der Waals surface area contributed by atoms with E-state index in [4.69, 9.17) is 32.7 Å². The molecule has 2 aliphatic heterocycles. The number of carbonyl (C=O) groups is 2. The molecule has 2 amide bonds. The highest BCUT2D eigenvalue weighted by atomic mass is 35.5. The van der Waals surface area contributed by atoms with Crippen LogP contribution in [-0.2, 0) is 11.3 Å². The maximum atomic E-state index is 13.0. The zero-order chi connectivity index (χ0) is 24.5. The lowest BCUT2D eigenvalue weighted by atomic mass is 10.1. The van der Waals surface area contributed by atoms with E-state index in [-0.39, 0.29) is 24.0 Å². The number of hydrogen-bond acceptors (Lipinski definition) is 8. The number of benzene rings is 3. The number of rotatable bonds is 5. The van der Waals surface area contributed by atoms with Crippen LogP contribution in [0.4, 0.5) is 16.2 Å². The summed E-state index contributed by atoms with van der Waals surface area (Å²) < 4.78 is 10.6. The Kier molecular flexibility index (Phi) is 6.38. The molecule has 0 saturated carbocycles. The Morgan fingerprint density at radius 1 is 1.00 bits per heavy atom. The van der Waals surface area contributed by atoms with Crippen LogP contribution in [0.25, 0.3) is 6.08 Å². The molecule has 0 spiro atoms. The van der Waals surface area contributed by atoms with Crippen LogP contribution in [0.1, 0.15) is 11.1 Å². The summed E-state index contributed by atoms with van der Waals surface area (Å²) in [4.78, 5) is 26.8. The lowest BCUT2D eigenvalue weighted by Gasteiger charge is -2.14. The van der Waals surface area contributed by atoms with Gasteiger partial charge in [0, 0.05) is 21.7 Å². The van der Waals surface area contributed by atoms with Gasteiger partial charge in [-0.3, -0.25) is 14.5 Å². The first-order valence-electron chi connectivity index (χ1n) is 10.2. The molecule has 0 bridgehead atoms. The maximum Gasteiger partial charge on any atom is 0.293 e. The molecule has 0 atom stereocenters. The van der Waals surface area contributed by atoms with E-state index in [1.165, 1.54) is 12.1 Å². The highest BCUT2D eigenvalue weighted by Gasteiger charge is 2.36. The first kappa shape index (κ1) is 23.2. The Labute approximate surface area is 213 Å². The Bertz CT molecular complexity index is 1430. The van der Waals surface area contributed by atoms with Crippen molar-refractivity contribution >= 4 is 63.6 Å². The second-order valence-electron chi connectivity index (χ2n) is 7.49. The molecule has 3 aromatic rings. The van der Waals surface area contributed by atoms with Crippen molar-refractivity contribution in [1.29, 1.82) is 0 Å². The highest BCUT2D eigenvalue weighted by molar-refractivity contribution is 8.18. The summed E-state index contributed by atoms with van der Waals surface area (Å²) >= 11 is 13.0. The van der Waals surface area contributed by atoms with Crippen LogP contribution >= 0.6 is 35.0 Å². The van der Waals surface area contributed by atoms with Gasteiger partial charge in [-0.2, -0.15) is 10.2 Å². The Morgan fingerprint density at radius 2 is 1.74 bits per heavy atom. The molecule has 0 aliphatic carbocycles.